The SMILES string of the molecule is Fc1ccc(C2=C[C@@H]3CCC=C[C@@H]3O2)cc1. The zero-order chi connectivity index (χ0) is 11.0. The van der Waals surface area contributed by atoms with Crippen molar-refractivity contribution in [3.8, 4) is 0 Å². The second-order valence-corrected chi connectivity index (χ2v) is 4.29. The number of halogens is 1. The smallest absolute Gasteiger partial charge is 0.123 e. The number of allylic oxidation sites excluding steroid dienone is 1. The fourth-order valence-electron chi connectivity index (χ4n) is 2.29. The zero-order valence-electron chi connectivity index (χ0n) is 8.90. The summed E-state index contributed by atoms with van der Waals surface area (Å²) < 4.78 is 18.6. The summed E-state index contributed by atoms with van der Waals surface area (Å²) in [5.74, 6) is 1.17. The van der Waals surface area contributed by atoms with Crippen molar-refractivity contribution in [2.24, 2.45) is 5.92 Å². The van der Waals surface area contributed by atoms with E-state index in [0.717, 1.165) is 24.2 Å². The first-order valence-corrected chi connectivity index (χ1v) is 5.64. The Morgan fingerprint density at radius 2 is 2.00 bits per heavy atom. The molecular formula is C14H13FO. The van der Waals surface area contributed by atoms with Gasteiger partial charge in [0.2, 0.25) is 0 Å². The van der Waals surface area contributed by atoms with Gasteiger partial charge in [-0.1, -0.05) is 6.08 Å². The molecule has 0 unspecified atom stereocenters. The summed E-state index contributed by atoms with van der Waals surface area (Å²) >= 11 is 0. The molecule has 1 aliphatic heterocycles. The van der Waals surface area contributed by atoms with Gasteiger partial charge in [0.05, 0.1) is 0 Å². The van der Waals surface area contributed by atoms with Gasteiger partial charge in [-0.25, -0.2) is 4.39 Å². The van der Waals surface area contributed by atoms with Gasteiger partial charge in [-0.2, -0.15) is 0 Å². The monoisotopic (exact) mass is 216 g/mol. The van der Waals surface area contributed by atoms with E-state index in [4.69, 9.17) is 4.74 Å². The number of fused-ring (bicyclic) bond motifs is 1. The average Bonchev–Trinajstić information content (AvgIpc) is 2.73. The fraction of sp³-hybridized carbons (Fsp3) is 0.286. The van der Waals surface area contributed by atoms with Crippen molar-refractivity contribution >= 4 is 5.76 Å². The van der Waals surface area contributed by atoms with Crippen LogP contribution in [0.2, 0.25) is 0 Å². The van der Waals surface area contributed by atoms with E-state index in [9.17, 15) is 4.39 Å². The summed E-state index contributed by atoms with van der Waals surface area (Å²) in [6.45, 7) is 0. The van der Waals surface area contributed by atoms with Crippen LogP contribution in [0.25, 0.3) is 5.76 Å². The summed E-state index contributed by atoms with van der Waals surface area (Å²) in [7, 11) is 0. The standard InChI is InChI=1S/C14H13FO/c15-12-7-5-10(6-8-12)14-9-11-3-1-2-4-13(11)16-14/h2,4-9,11,13H,1,3H2/t11-,13-/m0/s1. The van der Waals surface area contributed by atoms with Crippen LogP contribution in [-0.2, 0) is 4.74 Å². The van der Waals surface area contributed by atoms with E-state index in [2.05, 4.69) is 18.2 Å². The maximum Gasteiger partial charge on any atom is 0.123 e. The summed E-state index contributed by atoms with van der Waals surface area (Å²) in [5, 5.41) is 0. The van der Waals surface area contributed by atoms with E-state index in [1.807, 2.05) is 0 Å². The van der Waals surface area contributed by atoms with Crippen LogP contribution >= 0.6 is 0 Å². The topological polar surface area (TPSA) is 9.23 Å². The molecule has 2 atom stereocenters. The van der Waals surface area contributed by atoms with Crippen molar-refractivity contribution in [2.45, 2.75) is 18.9 Å². The predicted molar refractivity (Wildman–Crippen MR) is 61.1 cm³/mol. The normalized spacial score (nSPS) is 27.2. The highest BCUT2D eigenvalue weighted by Crippen LogP contribution is 2.35. The highest BCUT2D eigenvalue weighted by molar-refractivity contribution is 5.62. The van der Waals surface area contributed by atoms with Crippen molar-refractivity contribution in [1.29, 1.82) is 0 Å². The molecule has 0 bridgehead atoms. The molecule has 0 saturated carbocycles. The molecule has 0 fully saturated rings. The van der Waals surface area contributed by atoms with E-state index in [-0.39, 0.29) is 11.9 Å². The van der Waals surface area contributed by atoms with E-state index in [1.54, 1.807) is 12.1 Å². The lowest BCUT2D eigenvalue weighted by Crippen LogP contribution is -2.16. The van der Waals surface area contributed by atoms with Gasteiger partial charge in [-0.05, 0) is 49.3 Å². The van der Waals surface area contributed by atoms with E-state index >= 15 is 0 Å². The fourth-order valence-corrected chi connectivity index (χ4v) is 2.29. The first-order chi connectivity index (χ1) is 7.83. The highest BCUT2D eigenvalue weighted by atomic mass is 19.1. The molecule has 1 aromatic carbocycles. The zero-order valence-corrected chi connectivity index (χ0v) is 8.90. The molecule has 16 heavy (non-hydrogen) atoms. The van der Waals surface area contributed by atoms with E-state index in [1.165, 1.54) is 12.1 Å². The molecule has 0 radical (unpaired) electrons. The minimum atomic E-state index is -0.209. The molecule has 0 aromatic heterocycles. The summed E-state index contributed by atoms with van der Waals surface area (Å²) in [5.41, 5.74) is 0.962. The molecular weight excluding hydrogens is 203 g/mol. The van der Waals surface area contributed by atoms with Crippen LogP contribution in [0, 0.1) is 11.7 Å². The Bertz CT molecular complexity index is 444. The second-order valence-electron chi connectivity index (χ2n) is 4.29. The van der Waals surface area contributed by atoms with Gasteiger partial charge in [0.25, 0.3) is 0 Å². The third-order valence-electron chi connectivity index (χ3n) is 3.17. The Kier molecular flexibility index (Phi) is 2.28. The van der Waals surface area contributed by atoms with E-state index in [0.29, 0.717) is 5.92 Å². The number of hydrogen-bond acceptors (Lipinski definition) is 1. The van der Waals surface area contributed by atoms with Crippen molar-refractivity contribution in [1.82, 2.24) is 0 Å². The Morgan fingerprint density at radius 1 is 1.19 bits per heavy atom. The number of hydrogen-bond donors (Lipinski definition) is 0. The molecule has 82 valence electrons. The lowest BCUT2D eigenvalue weighted by molar-refractivity contribution is 0.187. The molecule has 1 nitrogen and oxygen atoms in total. The number of rotatable bonds is 1. The van der Waals surface area contributed by atoms with Crippen LogP contribution in [0.3, 0.4) is 0 Å². The molecule has 1 aliphatic carbocycles. The molecule has 3 rings (SSSR count). The van der Waals surface area contributed by atoms with Gasteiger partial charge >= 0.3 is 0 Å². The van der Waals surface area contributed by atoms with Crippen LogP contribution in [-0.4, -0.2) is 6.10 Å². The minimum Gasteiger partial charge on any atom is -0.485 e. The van der Waals surface area contributed by atoms with Crippen LogP contribution in [0.4, 0.5) is 4.39 Å². The van der Waals surface area contributed by atoms with Gasteiger partial charge in [0, 0.05) is 11.5 Å². The van der Waals surface area contributed by atoms with Crippen LogP contribution in [0.1, 0.15) is 18.4 Å². The maximum absolute atomic E-state index is 12.8. The summed E-state index contributed by atoms with van der Waals surface area (Å²) in [6.07, 6.45) is 8.92. The van der Waals surface area contributed by atoms with Gasteiger partial charge in [-0.15, -0.1) is 0 Å². The number of ether oxygens (including phenoxy) is 1. The van der Waals surface area contributed by atoms with E-state index < -0.39 is 0 Å². The molecule has 2 heteroatoms. The molecule has 0 saturated heterocycles. The molecule has 2 aliphatic rings. The Balaban J connectivity index is 1.87. The molecule has 1 aromatic rings. The first-order valence-electron chi connectivity index (χ1n) is 5.64. The molecule has 0 N–H and O–H groups in total. The van der Waals surface area contributed by atoms with Gasteiger partial charge < -0.3 is 4.74 Å². The minimum absolute atomic E-state index is 0.189. The van der Waals surface area contributed by atoms with Crippen molar-refractivity contribution in [2.75, 3.05) is 0 Å². The van der Waals surface area contributed by atoms with Crippen LogP contribution in [0.5, 0.6) is 0 Å². The van der Waals surface area contributed by atoms with Crippen molar-refractivity contribution < 1.29 is 9.13 Å². The first kappa shape index (κ1) is 9.64. The Labute approximate surface area is 94.2 Å². The molecule has 0 spiro atoms. The van der Waals surface area contributed by atoms with Crippen molar-refractivity contribution in [3.63, 3.8) is 0 Å². The lowest BCUT2D eigenvalue weighted by atomic mass is 9.92. The average molecular weight is 216 g/mol. The predicted octanol–water partition coefficient (Wildman–Crippen LogP) is 3.53. The number of benzene rings is 1. The van der Waals surface area contributed by atoms with Crippen LogP contribution in [0.15, 0.2) is 42.5 Å². The largest absolute Gasteiger partial charge is 0.485 e. The molecule has 0 amide bonds. The second kappa shape index (κ2) is 3.78. The quantitative estimate of drug-likeness (QED) is 0.652. The maximum atomic E-state index is 12.8. The Hall–Kier alpha value is -1.57. The molecule has 1 heterocycles. The summed E-state index contributed by atoms with van der Waals surface area (Å²) in [6, 6.07) is 6.47. The third kappa shape index (κ3) is 1.64. The van der Waals surface area contributed by atoms with Gasteiger partial charge in [0.1, 0.15) is 17.7 Å². The van der Waals surface area contributed by atoms with Crippen LogP contribution < -0.4 is 0 Å². The Morgan fingerprint density at radius 3 is 2.75 bits per heavy atom. The van der Waals surface area contributed by atoms with Crippen molar-refractivity contribution in [3.05, 3.63) is 53.9 Å². The highest BCUT2D eigenvalue weighted by Gasteiger charge is 2.28. The van der Waals surface area contributed by atoms with Gasteiger partial charge in [-0.3, -0.25) is 0 Å². The lowest BCUT2D eigenvalue weighted by Gasteiger charge is -2.18. The summed E-state index contributed by atoms with van der Waals surface area (Å²) in [4.78, 5) is 0. The third-order valence-corrected chi connectivity index (χ3v) is 3.17. The van der Waals surface area contributed by atoms with Gasteiger partial charge in [0.15, 0.2) is 0 Å².